The highest BCUT2D eigenvalue weighted by atomic mass is 16.6. The van der Waals surface area contributed by atoms with Gasteiger partial charge >= 0.3 is 6.09 Å². The molecule has 1 amide bonds. The Labute approximate surface area is 178 Å². The van der Waals surface area contributed by atoms with Crippen LogP contribution in [0.3, 0.4) is 0 Å². The lowest BCUT2D eigenvalue weighted by atomic mass is 9.94. The SMILES string of the molecule is CC(C)(C)OC(=O)N1CCC(CCOc2nc3ccccc3nc2NC2CC2)CC1. The van der Waals surface area contributed by atoms with Crippen molar-refractivity contribution in [2.75, 3.05) is 25.0 Å². The van der Waals surface area contributed by atoms with E-state index in [9.17, 15) is 4.79 Å². The first-order chi connectivity index (χ1) is 14.4. The minimum Gasteiger partial charge on any atom is -0.475 e. The van der Waals surface area contributed by atoms with Crippen LogP contribution in [0, 0.1) is 5.92 Å². The predicted molar refractivity (Wildman–Crippen MR) is 117 cm³/mol. The van der Waals surface area contributed by atoms with Crippen LogP contribution in [0.15, 0.2) is 24.3 Å². The number of hydrogen-bond donors (Lipinski definition) is 1. The zero-order valence-electron chi connectivity index (χ0n) is 18.2. The van der Waals surface area contributed by atoms with Crippen molar-refractivity contribution in [3.63, 3.8) is 0 Å². The second kappa shape index (κ2) is 8.66. The van der Waals surface area contributed by atoms with E-state index < -0.39 is 5.60 Å². The van der Waals surface area contributed by atoms with Crippen LogP contribution >= 0.6 is 0 Å². The molecule has 1 aliphatic heterocycles. The van der Waals surface area contributed by atoms with E-state index in [0.29, 0.717) is 24.4 Å². The van der Waals surface area contributed by atoms with Gasteiger partial charge in [0.25, 0.3) is 5.88 Å². The Morgan fingerprint density at radius 1 is 1.10 bits per heavy atom. The third-order valence-corrected chi connectivity index (χ3v) is 5.49. The van der Waals surface area contributed by atoms with Crippen molar-refractivity contribution < 1.29 is 14.3 Å². The number of nitrogens with zero attached hydrogens (tertiary/aromatic N) is 3. The highest BCUT2D eigenvalue weighted by molar-refractivity contribution is 5.77. The van der Waals surface area contributed by atoms with Crippen molar-refractivity contribution in [3.8, 4) is 5.88 Å². The molecular formula is C23H32N4O3. The predicted octanol–water partition coefficient (Wildman–Crippen LogP) is 4.62. The van der Waals surface area contributed by atoms with Gasteiger partial charge in [0.1, 0.15) is 5.60 Å². The van der Waals surface area contributed by atoms with Gasteiger partial charge in [-0.2, -0.15) is 0 Å². The van der Waals surface area contributed by atoms with Gasteiger partial charge in [-0.25, -0.2) is 14.8 Å². The second-order valence-corrected chi connectivity index (χ2v) is 9.33. The summed E-state index contributed by atoms with van der Waals surface area (Å²) in [7, 11) is 0. The average Bonchev–Trinajstić information content (AvgIpc) is 3.51. The van der Waals surface area contributed by atoms with Gasteiger partial charge in [0.2, 0.25) is 0 Å². The molecule has 1 N–H and O–H groups in total. The molecule has 0 bridgehead atoms. The molecule has 7 nitrogen and oxygen atoms in total. The van der Waals surface area contributed by atoms with Gasteiger partial charge in [-0.05, 0) is 70.9 Å². The summed E-state index contributed by atoms with van der Waals surface area (Å²) in [5.41, 5.74) is 1.27. The summed E-state index contributed by atoms with van der Waals surface area (Å²) in [6.07, 6.45) is 5.02. The summed E-state index contributed by atoms with van der Waals surface area (Å²) < 4.78 is 11.6. The Morgan fingerprint density at radius 2 is 1.77 bits per heavy atom. The Kier molecular flexibility index (Phi) is 5.97. The average molecular weight is 413 g/mol. The van der Waals surface area contributed by atoms with Crippen LogP contribution in [-0.4, -0.2) is 52.3 Å². The first kappa shape index (κ1) is 20.7. The van der Waals surface area contributed by atoms with Crippen LogP contribution in [0.1, 0.15) is 52.9 Å². The molecule has 2 aliphatic rings. The molecule has 2 heterocycles. The number of rotatable bonds is 6. The van der Waals surface area contributed by atoms with Crippen LogP contribution in [0.5, 0.6) is 5.88 Å². The van der Waals surface area contributed by atoms with E-state index in [0.717, 1.165) is 49.2 Å². The highest BCUT2D eigenvalue weighted by Gasteiger charge is 2.27. The molecule has 1 aliphatic carbocycles. The van der Waals surface area contributed by atoms with Crippen LogP contribution in [0.4, 0.5) is 10.6 Å². The number of anilines is 1. The smallest absolute Gasteiger partial charge is 0.410 e. The van der Waals surface area contributed by atoms with E-state index in [1.165, 1.54) is 12.8 Å². The summed E-state index contributed by atoms with van der Waals surface area (Å²) in [4.78, 5) is 23.4. The number of nitrogens with one attached hydrogen (secondary N) is 1. The molecule has 1 saturated heterocycles. The first-order valence-electron chi connectivity index (χ1n) is 11.0. The number of fused-ring (bicyclic) bond motifs is 1. The van der Waals surface area contributed by atoms with Crippen LogP contribution in [0.25, 0.3) is 11.0 Å². The molecule has 2 aromatic rings. The molecule has 0 atom stereocenters. The topological polar surface area (TPSA) is 76.6 Å². The van der Waals surface area contributed by atoms with E-state index in [1.54, 1.807) is 0 Å². The number of carbonyl (C=O) groups is 1. The maximum absolute atomic E-state index is 12.2. The zero-order chi connectivity index (χ0) is 21.1. The quantitative estimate of drug-likeness (QED) is 0.746. The molecule has 0 unspecified atom stereocenters. The minimum atomic E-state index is -0.450. The molecule has 30 heavy (non-hydrogen) atoms. The summed E-state index contributed by atoms with van der Waals surface area (Å²) in [6, 6.07) is 8.36. The molecule has 1 aromatic carbocycles. The Balaban J connectivity index is 1.29. The molecule has 7 heteroatoms. The molecule has 1 aromatic heterocycles. The van der Waals surface area contributed by atoms with Crippen molar-refractivity contribution in [3.05, 3.63) is 24.3 Å². The van der Waals surface area contributed by atoms with Gasteiger partial charge in [0, 0.05) is 19.1 Å². The number of hydrogen-bond acceptors (Lipinski definition) is 6. The van der Waals surface area contributed by atoms with Gasteiger partial charge in [0.05, 0.1) is 17.6 Å². The van der Waals surface area contributed by atoms with Crippen molar-refractivity contribution >= 4 is 22.9 Å². The number of aromatic nitrogens is 2. The number of carbonyl (C=O) groups excluding carboxylic acids is 1. The lowest BCUT2D eigenvalue weighted by Gasteiger charge is -2.33. The third-order valence-electron chi connectivity index (χ3n) is 5.49. The Bertz CT molecular complexity index is 884. The van der Waals surface area contributed by atoms with Gasteiger partial charge < -0.3 is 19.7 Å². The number of benzene rings is 1. The molecule has 0 radical (unpaired) electrons. The van der Waals surface area contributed by atoms with Crippen molar-refractivity contribution in [1.82, 2.24) is 14.9 Å². The monoisotopic (exact) mass is 412 g/mol. The summed E-state index contributed by atoms with van der Waals surface area (Å²) in [5, 5.41) is 3.45. The highest BCUT2D eigenvalue weighted by Crippen LogP contribution is 2.30. The van der Waals surface area contributed by atoms with Crippen LogP contribution in [0.2, 0.25) is 0 Å². The van der Waals surface area contributed by atoms with E-state index in [1.807, 2.05) is 49.9 Å². The van der Waals surface area contributed by atoms with Crippen LogP contribution in [-0.2, 0) is 4.74 Å². The molecule has 4 rings (SSSR count). The Morgan fingerprint density at radius 3 is 2.40 bits per heavy atom. The van der Waals surface area contributed by atoms with Crippen LogP contribution < -0.4 is 10.1 Å². The summed E-state index contributed by atoms with van der Waals surface area (Å²) >= 11 is 0. The van der Waals surface area contributed by atoms with Gasteiger partial charge in [-0.3, -0.25) is 0 Å². The fraction of sp³-hybridized carbons (Fsp3) is 0.609. The van der Waals surface area contributed by atoms with Crippen molar-refractivity contribution in [1.29, 1.82) is 0 Å². The van der Waals surface area contributed by atoms with Gasteiger partial charge in [-0.1, -0.05) is 12.1 Å². The fourth-order valence-electron chi connectivity index (χ4n) is 3.65. The van der Waals surface area contributed by atoms with Gasteiger partial charge in [-0.15, -0.1) is 0 Å². The molecule has 162 valence electrons. The zero-order valence-corrected chi connectivity index (χ0v) is 18.2. The van der Waals surface area contributed by atoms with Crippen molar-refractivity contribution in [2.45, 2.75) is 64.5 Å². The number of ether oxygens (including phenoxy) is 2. The fourth-order valence-corrected chi connectivity index (χ4v) is 3.65. The van der Waals surface area contributed by atoms with E-state index in [4.69, 9.17) is 19.4 Å². The third kappa shape index (κ3) is 5.52. The van der Waals surface area contributed by atoms with E-state index >= 15 is 0 Å². The Hall–Kier alpha value is -2.57. The van der Waals surface area contributed by atoms with E-state index in [2.05, 4.69) is 5.32 Å². The summed E-state index contributed by atoms with van der Waals surface area (Å²) in [5.74, 6) is 1.87. The number of para-hydroxylation sites is 2. The van der Waals surface area contributed by atoms with Crippen molar-refractivity contribution in [2.24, 2.45) is 5.92 Å². The molecule has 0 spiro atoms. The number of piperidine rings is 1. The lowest BCUT2D eigenvalue weighted by molar-refractivity contribution is 0.0177. The minimum absolute atomic E-state index is 0.209. The van der Waals surface area contributed by atoms with Gasteiger partial charge in [0.15, 0.2) is 5.82 Å². The molecular weight excluding hydrogens is 380 g/mol. The molecule has 1 saturated carbocycles. The number of likely N-dealkylation sites (tertiary alicyclic amines) is 1. The lowest BCUT2D eigenvalue weighted by Crippen LogP contribution is -2.41. The maximum atomic E-state index is 12.2. The van der Waals surface area contributed by atoms with E-state index in [-0.39, 0.29) is 6.09 Å². The summed E-state index contributed by atoms with van der Waals surface area (Å²) in [6.45, 7) is 7.78. The largest absolute Gasteiger partial charge is 0.475 e. The molecule has 2 fully saturated rings. The second-order valence-electron chi connectivity index (χ2n) is 9.33. The standard InChI is InChI=1S/C23H32N4O3/c1-23(2,3)30-22(28)27-13-10-16(11-14-27)12-15-29-21-20(24-17-8-9-17)25-18-6-4-5-7-19(18)26-21/h4-7,16-17H,8-15H2,1-3H3,(H,24,25). The maximum Gasteiger partial charge on any atom is 0.410 e. The number of amides is 1. The normalized spacial score (nSPS) is 17.8. The first-order valence-corrected chi connectivity index (χ1v) is 11.0.